The largest absolute Gasteiger partial charge is 0.369 e. The molecule has 5 aliphatic rings. The number of nitrogens with one attached hydrogen (secondary N) is 1. The van der Waals surface area contributed by atoms with Crippen molar-refractivity contribution in [3.63, 3.8) is 0 Å². The summed E-state index contributed by atoms with van der Waals surface area (Å²) in [6.45, 7) is 2.45. The predicted octanol–water partition coefficient (Wildman–Crippen LogP) is 1.82. The second-order valence-corrected chi connectivity index (χ2v) is 9.87. The van der Waals surface area contributed by atoms with E-state index in [1.54, 1.807) is 12.1 Å². The molecule has 7 heteroatoms. The molecule has 0 aromatic heterocycles. The number of benzene rings is 1. The molecule has 30 heavy (non-hydrogen) atoms. The van der Waals surface area contributed by atoms with Gasteiger partial charge in [0.15, 0.2) is 0 Å². The Hall–Kier alpha value is -1.99. The summed E-state index contributed by atoms with van der Waals surface area (Å²) < 4.78 is 18.9. The van der Waals surface area contributed by atoms with Gasteiger partial charge in [0, 0.05) is 31.1 Å². The highest BCUT2D eigenvalue weighted by atomic mass is 19.1. The van der Waals surface area contributed by atoms with Gasteiger partial charge in [-0.05, 0) is 67.6 Å². The standard InChI is InChI=1S/C23H30FN3O3/c24-18-3-1-14(2-4-18)12-27-5-6-30-19(13-27)21(28)26-20-16-7-15-8-17(20)11-23(9-15,10-16)22(25)29/h1-4,15-17,19-20H,5-13H2,(H2,25,29)(H,26,28)/t15?,16?,17?,19-,20?,23?/m1/s1. The maximum Gasteiger partial charge on any atom is 0.250 e. The van der Waals surface area contributed by atoms with E-state index in [0.717, 1.165) is 44.2 Å². The Labute approximate surface area is 176 Å². The van der Waals surface area contributed by atoms with Gasteiger partial charge in [-0.25, -0.2) is 4.39 Å². The number of amides is 2. The number of rotatable bonds is 5. The SMILES string of the molecule is NC(=O)C12CC3CC(C1)C(NC(=O)[C@H]1CN(Cc4ccc(F)cc4)CCO1)C(C3)C2. The topological polar surface area (TPSA) is 84.7 Å². The van der Waals surface area contributed by atoms with Gasteiger partial charge in [0.05, 0.1) is 6.61 Å². The van der Waals surface area contributed by atoms with E-state index < -0.39 is 6.10 Å². The highest BCUT2D eigenvalue weighted by Gasteiger charge is 2.58. The van der Waals surface area contributed by atoms with Crippen LogP contribution in [0.2, 0.25) is 0 Å². The minimum absolute atomic E-state index is 0.0515. The fraction of sp³-hybridized carbons (Fsp3) is 0.652. The van der Waals surface area contributed by atoms with Crippen LogP contribution in [0.5, 0.6) is 0 Å². The molecule has 4 aliphatic carbocycles. The Morgan fingerprint density at radius 1 is 1.17 bits per heavy atom. The highest BCUT2D eigenvalue weighted by molar-refractivity contribution is 5.83. The van der Waals surface area contributed by atoms with Gasteiger partial charge in [-0.15, -0.1) is 0 Å². The highest BCUT2D eigenvalue weighted by Crippen LogP contribution is 2.59. The summed E-state index contributed by atoms with van der Waals surface area (Å²) in [4.78, 5) is 27.3. The lowest BCUT2D eigenvalue weighted by molar-refractivity contribution is -0.151. The second-order valence-electron chi connectivity index (χ2n) is 9.87. The van der Waals surface area contributed by atoms with Gasteiger partial charge in [0.25, 0.3) is 5.91 Å². The zero-order valence-corrected chi connectivity index (χ0v) is 17.2. The summed E-state index contributed by atoms with van der Waals surface area (Å²) in [6, 6.07) is 6.61. The van der Waals surface area contributed by atoms with Crippen LogP contribution < -0.4 is 11.1 Å². The Morgan fingerprint density at radius 3 is 2.53 bits per heavy atom. The number of morpholine rings is 1. The van der Waals surface area contributed by atoms with Crippen molar-refractivity contribution in [1.29, 1.82) is 0 Å². The molecule has 0 radical (unpaired) electrons. The molecule has 1 aromatic rings. The van der Waals surface area contributed by atoms with Crippen LogP contribution in [-0.2, 0) is 20.9 Å². The molecule has 6 nitrogen and oxygen atoms in total. The average molecular weight is 416 g/mol. The van der Waals surface area contributed by atoms with Crippen molar-refractivity contribution in [2.75, 3.05) is 19.7 Å². The van der Waals surface area contributed by atoms with Gasteiger partial charge in [-0.1, -0.05) is 12.1 Å². The van der Waals surface area contributed by atoms with Crippen LogP contribution in [0.15, 0.2) is 24.3 Å². The van der Waals surface area contributed by atoms with Crippen LogP contribution >= 0.6 is 0 Å². The van der Waals surface area contributed by atoms with E-state index in [1.807, 2.05) is 0 Å². The van der Waals surface area contributed by atoms with E-state index in [2.05, 4.69) is 10.2 Å². The van der Waals surface area contributed by atoms with Crippen LogP contribution in [0.3, 0.4) is 0 Å². The molecule has 2 amide bonds. The first-order valence-electron chi connectivity index (χ1n) is 11.1. The lowest BCUT2D eigenvalue weighted by atomic mass is 9.47. The molecule has 1 saturated heterocycles. The van der Waals surface area contributed by atoms with E-state index in [1.165, 1.54) is 12.1 Å². The molecule has 1 aromatic carbocycles. The Kier molecular flexibility index (Phi) is 5.06. The quantitative estimate of drug-likeness (QED) is 0.768. The molecule has 6 rings (SSSR count). The molecule has 162 valence electrons. The second kappa shape index (κ2) is 7.61. The first-order valence-corrected chi connectivity index (χ1v) is 11.1. The maximum atomic E-state index is 13.1. The third-order valence-electron chi connectivity index (χ3n) is 7.87. The number of primary amides is 1. The van der Waals surface area contributed by atoms with Crippen molar-refractivity contribution < 1.29 is 18.7 Å². The smallest absolute Gasteiger partial charge is 0.250 e. The molecule has 1 aliphatic heterocycles. The van der Waals surface area contributed by atoms with Crippen LogP contribution in [0.25, 0.3) is 0 Å². The maximum absolute atomic E-state index is 13.1. The minimum atomic E-state index is -0.499. The van der Waals surface area contributed by atoms with Crippen molar-refractivity contribution in [3.05, 3.63) is 35.6 Å². The van der Waals surface area contributed by atoms with Gasteiger partial charge >= 0.3 is 0 Å². The lowest BCUT2D eigenvalue weighted by Gasteiger charge is -2.59. The summed E-state index contributed by atoms with van der Waals surface area (Å²) in [6.07, 6.45) is 4.21. The molecular formula is C23H30FN3O3. The average Bonchev–Trinajstić information content (AvgIpc) is 2.72. The number of carbonyl (C=O) groups excluding carboxylic acids is 2. The van der Waals surface area contributed by atoms with Crippen LogP contribution in [0.4, 0.5) is 4.39 Å². The van der Waals surface area contributed by atoms with Crippen LogP contribution in [0, 0.1) is 29.0 Å². The number of nitrogens with two attached hydrogens (primary N) is 1. The fourth-order valence-corrected chi connectivity index (χ4v) is 6.67. The van der Waals surface area contributed by atoms with Crippen molar-refractivity contribution in [2.45, 2.75) is 50.8 Å². The normalized spacial score (nSPS) is 37.8. The summed E-state index contributed by atoms with van der Waals surface area (Å²) in [5.74, 6) is 0.799. The fourth-order valence-electron chi connectivity index (χ4n) is 6.67. The summed E-state index contributed by atoms with van der Waals surface area (Å²) in [5, 5.41) is 3.29. The van der Waals surface area contributed by atoms with Crippen molar-refractivity contribution in [2.24, 2.45) is 28.9 Å². The van der Waals surface area contributed by atoms with Gasteiger partial charge in [-0.2, -0.15) is 0 Å². The molecule has 4 saturated carbocycles. The zero-order valence-electron chi connectivity index (χ0n) is 17.2. The van der Waals surface area contributed by atoms with Crippen molar-refractivity contribution in [1.82, 2.24) is 10.2 Å². The van der Waals surface area contributed by atoms with E-state index in [4.69, 9.17) is 10.5 Å². The zero-order chi connectivity index (χ0) is 20.9. The summed E-state index contributed by atoms with van der Waals surface area (Å²) >= 11 is 0. The first kappa shape index (κ1) is 19.9. The number of halogens is 1. The summed E-state index contributed by atoms with van der Waals surface area (Å²) in [5.41, 5.74) is 6.45. The Bertz CT molecular complexity index is 813. The van der Waals surface area contributed by atoms with Crippen LogP contribution in [-0.4, -0.2) is 48.6 Å². The van der Waals surface area contributed by atoms with Gasteiger partial charge in [0.2, 0.25) is 5.91 Å². The molecule has 1 heterocycles. The minimum Gasteiger partial charge on any atom is -0.369 e. The number of ether oxygens (including phenoxy) is 1. The first-order chi connectivity index (χ1) is 14.4. The molecule has 2 unspecified atom stereocenters. The van der Waals surface area contributed by atoms with Gasteiger partial charge in [-0.3, -0.25) is 14.5 Å². The van der Waals surface area contributed by atoms with Gasteiger partial charge < -0.3 is 15.8 Å². The molecular weight excluding hydrogens is 385 g/mol. The molecule has 0 spiro atoms. The van der Waals surface area contributed by atoms with E-state index in [0.29, 0.717) is 37.5 Å². The van der Waals surface area contributed by atoms with Crippen molar-refractivity contribution in [3.8, 4) is 0 Å². The molecule has 4 bridgehead atoms. The van der Waals surface area contributed by atoms with Crippen LogP contribution in [0.1, 0.15) is 37.7 Å². The lowest BCUT2D eigenvalue weighted by Crippen LogP contribution is -2.63. The predicted molar refractivity (Wildman–Crippen MR) is 109 cm³/mol. The number of hydrogen-bond donors (Lipinski definition) is 2. The van der Waals surface area contributed by atoms with E-state index >= 15 is 0 Å². The summed E-state index contributed by atoms with van der Waals surface area (Å²) in [7, 11) is 0. The monoisotopic (exact) mass is 415 g/mol. The Balaban J connectivity index is 1.20. The number of nitrogens with zero attached hydrogens (tertiary/aromatic N) is 1. The van der Waals surface area contributed by atoms with E-state index in [-0.39, 0.29) is 29.1 Å². The third-order valence-corrected chi connectivity index (χ3v) is 7.87. The molecule has 3 N–H and O–H groups in total. The number of hydrogen-bond acceptors (Lipinski definition) is 4. The van der Waals surface area contributed by atoms with E-state index in [9.17, 15) is 14.0 Å². The number of carbonyl (C=O) groups is 2. The van der Waals surface area contributed by atoms with Gasteiger partial charge in [0.1, 0.15) is 11.9 Å². The molecule has 3 atom stereocenters. The van der Waals surface area contributed by atoms with Crippen molar-refractivity contribution >= 4 is 11.8 Å². The molecule has 5 fully saturated rings. The third kappa shape index (κ3) is 3.62. The Morgan fingerprint density at radius 2 is 1.87 bits per heavy atom.